The van der Waals surface area contributed by atoms with Crippen LogP contribution in [0.15, 0.2) is 23.6 Å². The van der Waals surface area contributed by atoms with Crippen LogP contribution in [0.3, 0.4) is 0 Å². The first-order valence-corrected chi connectivity index (χ1v) is 11.5. The molecular weight excluding hydrogens is 449 g/mol. The molecule has 164 valence electrons. The number of hydrogen-bond donors (Lipinski definition) is 1. The van der Waals surface area contributed by atoms with Crippen LogP contribution < -0.4 is 5.32 Å². The Balaban J connectivity index is 1.50. The molecule has 5 nitrogen and oxygen atoms in total. The second-order valence-corrected chi connectivity index (χ2v) is 9.83. The third-order valence-electron chi connectivity index (χ3n) is 6.61. The summed E-state index contributed by atoms with van der Waals surface area (Å²) in [5.74, 6) is 1.13. The quantitative estimate of drug-likeness (QED) is 0.535. The summed E-state index contributed by atoms with van der Waals surface area (Å²) in [6.07, 6.45) is 0.0135. The number of thiophene rings is 1. The van der Waals surface area contributed by atoms with Gasteiger partial charge in [0.1, 0.15) is 5.02 Å². The molecule has 1 N–H and O–H groups in total. The van der Waals surface area contributed by atoms with Crippen molar-refractivity contribution in [3.63, 3.8) is 0 Å². The fraction of sp³-hybridized carbons (Fsp3) is 0.476. The maximum Gasteiger partial charge on any atom is 0.433 e. The molecule has 0 aromatic carbocycles. The standard InChI is InChI=1S/C21H20ClF3N4OS/c1-10(13-8-11-4-5-12(13)7-11)26-20(30)18-17(22)19-27-14(15-3-2-6-31-15)9-16(21(23,24)25)29(19)28-18/h2-3,6,9-13H,4-5,7-8H2,1H3,(H,26,30)/t10-,11+,12+,13+/m0/s1. The molecule has 4 atom stereocenters. The maximum absolute atomic E-state index is 13.8. The van der Waals surface area contributed by atoms with Crippen LogP contribution in [0, 0.1) is 17.8 Å². The molecule has 3 aromatic rings. The molecule has 2 fully saturated rings. The second kappa shape index (κ2) is 7.48. The minimum Gasteiger partial charge on any atom is -0.348 e. The van der Waals surface area contributed by atoms with Gasteiger partial charge in [-0.3, -0.25) is 4.79 Å². The van der Waals surface area contributed by atoms with Gasteiger partial charge >= 0.3 is 6.18 Å². The molecule has 1 amide bonds. The molecule has 0 spiro atoms. The zero-order valence-corrected chi connectivity index (χ0v) is 18.2. The van der Waals surface area contributed by atoms with E-state index in [1.165, 1.54) is 30.6 Å². The van der Waals surface area contributed by atoms with Crippen molar-refractivity contribution in [3.8, 4) is 10.6 Å². The molecule has 2 saturated carbocycles. The molecule has 2 aliphatic rings. The Morgan fingerprint density at radius 1 is 1.35 bits per heavy atom. The average molecular weight is 469 g/mol. The fourth-order valence-corrected chi connectivity index (χ4v) is 6.11. The molecule has 2 bridgehead atoms. The van der Waals surface area contributed by atoms with Crippen LogP contribution in [-0.2, 0) is 6.18 Å². The lowest BCUT2D eigenvalue weighted by Gasteiger charge is -2.28. The minimum atomic E-state index is -4.69. The van der Waals surface area contributed by atoms with E-state index < -0.39 is 17.8 Å². The van der Waals surface area contributed by atoms with Crippen molar-refractivity contribution in [1.29, 1.82) is 0 Å². The normalized spacial score (nSPS) is 24.1. The monoisotopic (exact) mass is 468 g/mol. The molecule has 3 aromatic heterocycles. The van der Waals surface area contributed by atoms with Crippen LogP contribution in [0.2, 0.25) is 5.02 Å². The summed E-state index contributed by atoms with van der Waals surface area (Å²) >= 11 is 7.61. The number of fused-ring (bicyclic) bond motifs is 3. The maximum atomic E-state index is 13.8. The number of nitrogens with one attached hydrogen (secondary N) is 1. The number of alkyl halides is 3. The van der Waals surface area contributed by atoms with Crippen molar-refractivity contribution < 1.29 is 18.0 Å². The number of hydrogen-bond acceptors (Lipinski definition) is 4. The number of carbonyl (C=O) groups is 1. The molecule has 0 saturated heterocycles. The van der Waals surface area contributed by atoms with E-state index in [2.05, 4.69) is 15.4 Å². The van der Waals surface area contributed by atoms with Crippen molar-refractivity contribution >= 4 is 34.5 Å². The summed E-state index contributed by atoms with van der Waals surface area (Å²) in [4.78, 5) is 17.8. The van der Waals surface area contributed by atoms with E-state index in [0.717, 1.165) is 18.4 Å². The highest BCUT2D eigenvalue weighted by atomic mass is 35.5. The third kappa shape index (κ3) is 3.61. The average Bonchev–Trinajstić information content (AvgIpc) is 3.51. The lowest BCUT2D eigenvalue weighted by Crippen LogP contribution is -2.40. The van der Waals surface area contributed by atoms with Crippen molar-refractivity contribution in [3.05, 3.63) is 40.0 Å². The summed E-state index contributed by atoms with van der Waals surface area (Å²) in [7, 11) is 0. The molecule has 0 unspecified atom stereocenters. The van der Waals surface area contributed by atoms with Gasteiger partial charge in [0.25, 0.3) is 5.91 Å². The summed E-state index contributed by atoms with van der Waals surface area (Å²) in [5, 5.41) is 8.41. The van der Waals surface area contributed by atoms with Crippen LogP contribution in [0.4, 0.5) is 13.2 Å². The van der Waals surface area contributed by atoms with E-state index >= 15 is 0 Å². The number of halogens is 4. The molecule has 5 rings (SSSR count). The molecule has 0 radical (unpaired) electrons. The number of nitrogens with zero attached hydrogens (tertiary/aromatic N) is 3. The van der Waals surface area contributed by atoms with Gasteiger partial charge in [0.15, 0.2) is 17.0 Å². The Kier molecular flexibility index (Phi) is 5.01. The Morgan fingerprint density at radius 2 is 2.16 bits per heavy atom. The van der Waals surface area contributed by atoms with Crippen molar-refractivity contribution in [1.82, 2.24) is 19.9 Å². The van der Waals surface area contributed by atoms with Gasteiger partial charge in [0.05, 0.1) is 10.6 Å². The first-order valence-electron chi connectivity index (χ1n) is 10.2. The molecule has 0 aliphatic heterocycles. The summed E-state index contributed by atoms with van der Waals surface area (Å²) in [6, 6.07) is 4.24. The first-order chi connectivity index (χ1) is 14.7. The van der Waals surface area contributed by atoms with Crippen LogP contribution in [0.1, 0.15) is 48.8 Å². The van der Waals surface area contributed by atoms with Gasteiger partial charge < -0.3 is 5.32 Å². The molecule has 2 aliphatic carbocycles. The second-order valence-electron chi connectivity index (χ2n) is 8.50. The number of amides is 1. The Hall–Kier alpha value is -2.13. The molecule has 31 heavy (non-hydrogen) atoms. The summed E-state index contributed by atoms with van der Waals surface area (Å²) in [6.45, 7) is 1.95. The highest BCUT2D eigenvalue weighted by Crippen LogP contribution is 2.49. The predicted molar refractivity (Wildman–Crippen MR) is 112 cm³/mol. The zero-order chi connectivity index (χ0) is 21.9. The first kappa shape index (κ1) is 20.8. The Bertz CT molecular complexity index is 1140. The largest absolute Gasteiger partial charge is 0.433 e. The van der Waals surface area contributed by atoms with Gasteiger partial charge in [-0.1, -0.05) is 24.1 Å². The van der Waals surface area contributed by atoms with E-state index in [0.29, 0.717) is 21.2 Å². The number of rotatable bonds is 4. The van der Waals surface area contributed by atoms with Gasteiger partial charge in [-0.2, -0.15) is 18.3 Å². The lowest BCUT2D eigenvalue weighted by atomic mass is 9.84. The van der Waals surface area contributed by atoms with E-state index in [9.17, 15) is 18.0 Å². The molecular formula is C21H20ClF3N4OS. The molecule has 3 heterocycles. The van der Waals surface area contributed by atoms with Crippen LogP contribution in [0.5, 0.6) is 0 Å². The fourth-order valence-electron chi connectivity index (χ4n) is 5.18. The lowest BCUT2D eigenvalue weighted by molar-refractivity contribution is -0.142. The number of carbonyl (C=O) groups excluding carboxylic acids is 1. The van der Waals surface area contributed by atoms with Gasteiger partial charge in [-0.15, -0.1) is 11.3 Å². The zero-order valence-electron chi connectivity index (χ0n) is 16.6. The summed E-state index contributed by atoms with van der Waals surface area (Å²) in [5.41, 5.74) is -1.31. The van der Waals surface area contributed by atoms with Gasteiger partial charge in [-0.25, -0.2) is 9.50 Å². The van der Waals surface area contributed by atoms with Crippen LogP contribution >= 0.6 is 22.9 Å². The van der Waals surface area contributed by atoms with Crippen LogP contribution in [0.25, 0.3) is 16.2 Å². The van der Waals surface area contributed by atoms with Crippen molar-refractivity contribution in [2.75, 3.05) is 0 Å². The van der Waals surface area contributed by atoms with E-state index in [1.807, 2.05) is 6.92 Å². The van der Waals surface area contributed by atoms with Crippen molar-refractivity contribution in [2.24, 2.45) is 17.8 Å². The minimum absolute atomic E-state index is 0.0968. The predicted octanol–water partition coefficient (Wildman–Crippen LogP) is 5.68. The van der Waals surface area contributed by atoms with Gasteiger partial charge in [0, 0.05) is 6.04 Å². The van der Waals surface area contributed by atoms with Gasteiger partial charge in [-0.05, 0) is 61.5 Å². The van der Waals surface area contributed by atoms with Gasteiger partial charge in [0.2, 0.25) is 0 Å². The SMILES string of the molecule is C[C@H](NC(=O)c1nn2c(C(F)(F)F)cc(-c3cccs3)nc2c1Cl)[C@H]1C[C@@H]2CC[C@@H]1C2. The van der Waals surface area contributed by atoms with E-state index in [4.69, 9.17) is 11.6 Å². The van der Waals surface area contributed by atoms with Crippen LogP contribution in [-0.4, -0.2) is 26.5 Å². The summed E-state index contributed by atoms with van der Waals surface area (Å²) < 4.78 is 41.9. The van der Waals surface area contributed by atoms with E-state index in [1.54, 1.807) is 17.5 Å². The third-order valence-corrected chi connectivity index (χ3v) is 7.85. The smallest absolute Gasteiger partial charge is 0.348 e. The Morgan fingerprint density at radius 3 is 2.77 bits per heavy atom. The topological polar surface area (TPSA) is 59.3 Å². The Labute approximate surface area is 185 Å². The molecule has 10 heteroatoms. The number of aromatic nitrogens is 3. The highest BCUT2D eigenvalue weighted by molar-refractivity contribution is 7.13. The van der Waals surface area contributed by atoms with Crippen molar-refractivity contribution in [2.45, 2.75) is 44.8 Å². The van der Waals surface area contributed by atoms with E-state index in [-0.39, 0.29) is 28.1 Å². The highest BCUT2D eigenvalue weighted by Gasteiger charge is 2.42.